The Hall–Kier alpha value is -3.40. The number of amides is 1. The van der Waals surface area contributed by atoms with Gasteiger partial charge in [-0.3, -0.25) is 4.79 Å². The maximum atomic E-state index is 12.4. The van der Waals surface area contributed by atoms with Crippen LogP contribution in [0.1, 0.15) is 16.7 Å². The molecule has 1 N–H and O–H groups in total. The maximum absolute atomic E-state index is 12.4. The average molecular weight is 372 g/mol. The zero-order valence-corrected chi connectivity index (χ0v) is 15.0. The van der Waals surface area contributed by atoms with Gasteiger partial charge in [0.15, 0.2) is 11.5 Å². The molecule has 2 aromatic carbocycles. The van der Waals surface area contributed by atoms with E-state index in [1.807, 2.05) is 32.0 Å². The number of carbonyl (C=O) groups excluding carboxylic acids is 1. The van der Waals surface area contributed by atoms with Crippen molar-refractivity contribution in [2.24, 2.45) is 0 Å². The van der Waals surface area contributed by atoms with Crippen LogP contribution < -0.4 is 14.8 Å². The summed E-state index contributed by atoms with van der Waals surface area (Å²) in [4.78, 5) is 12.4. The van der Waals surface area contributed by atoms with Crippen LogP contribution in [0.3, 0.4) is 0 Å². The van der Waals surface area contributed by atoms with E-state index in [2.05, 4.69) is 10.1 Å². The zero-order chi connectivity index (χ0) is 20.0. The van der Waals surface area contributed by atoms with E-state index >= 15 is 0 Å². The maximum Gasteiger partial charge on any atom is 0.387 e. The van der Waals surface area contributed by atoms with Gasteiger partial charge in [0.1, 0.15) is 11.6 Å². The summed E-state index contributed by atoms with van der Waals surface area (Å²) in [5.41, 5.74) is 2.82. The molecule has 0 spiro atoms. The number of rotatable bonds is 6. The van der Waals surface area contributed by atoms with Crippen molar-refractivity contribution in [3.63, 3.8) is 0 Å². The highest BCUT2D eigenvalue weighted by Crippen LogP contribution is 2.30. The van der Waals surface area contributed by atoms with Crippen LogP contribution in [-0.4, -0.2) is 19.6 Å². The Morgan fingerprint density at radius 1 is 1.19 bits per heavy atom. The molecular weight excluding hydrogens is 354 g/mol. The van der Waals surface area contributed by atoms with E-state index in [0.29, 0.717) is 11.3 Å². The molecule has 0 aliphatic rings. The van der Waals surface area contributed by atoms with Crippen LogP contribution in [0.5, 0.6) is 11.5 Å². The van der Waals surface area contributed by atoms with Crippen molar-refractivity contribution in [2.75, 3.05) is 12.4 Å². The van der Waals surface area contributed by atoms with Crippen molar-refractivity contribution < 1.29 is 23.0 Å². The molecule has 0 fully saturated rings. The summed E-state index contributed by atoms with van der Waals surface area (Å²) < 4.78 is 34.1. The van der Waals surface area contributed by atoms with Gasteiger partial charge in [-0.1, -0.05) is 23.8 Å². The molecule has 0 aromatic heterocycles. The van der Waals surface area contributed by atoms with E-state index in [4.69, 9.17) is 4.74 Å². The Morgan fingerprint density at radius 2 is 1.93 bits per heavy atom. The van der Waals surface area contributed by atoms with Crippen molar-refractivity contribution in [1.82, 2.24) is 0 Å². The SMILES string of the molecule is COc1cc(/C=C(\C#N)C(=O)Nc2ccc(C)cc2C)ccc1OC(F)F. The normalized spacial score (nSPS) is 11.1. The standard InChI is InChI=1S/C20H18F2N2O3/c1-12-4-6-16(13(2)8-12)24-19(25)15(11-23)9-14-5-7-17(27-20(21)22)18(10-14)26-3/h4-10,20H,1-3H3,(H,24,25)/b15-9+. The van der Waals surface area contributed by atoms with Crippen LogP contribution in [0.15, 0.2) is 42.0 Å². The minimum absolute atomic E-state index is 0.0659. The molecule has 27 heavy (non-hydrogen) atoms. The number of nitriles is 1. The molecule has 140 valence electrons. The van der Waals surface area contributed by atoms with Gasteiger partial charge in [0.2, 0.25) is 0 Å². The summed E-state index contributed by atoms with van der Waals surface area (Å²) in [5.74, 6) is -0.643. The molecule has 0 heterocycles. The van der Waals surface area contributed by atoms with E-state index in [1.54, 1.807) is 6.07 Å². The van der Waals surface area contributed by atoms with Gasteiger partial charge in [0, 0.05) is 5.69 Å². The monoisotopic (exact) mass is 372 g/mol. The topological polar surface area (TPSA) is 71.3 Å². The molecule has 0 bridgehead atoms. The Labute approximate surface area is 155 Å². The predicted molar refractivity (Wildman–Crippen MR) is 97.8 cm³/mol. The number of hydrogen-bond acceptors (Lipinski definition) is 4. The number of nitrogens with one attached hydrogen (secondary N) is 1. The lowest BCUT2D eigenvalue weighted by Crippen LogP contribution is -2.14. The summed E-state index contributed by atoms with van der Waals surface area (Å²) in [6.07, 6.45) is 1.34. The van der Waals surface area contributed by atoms with E-state index < -0.39 is 12.5 Å². The number of halogens is 2. The molecule has 5 nitrogen and oxygen atoms in total. The van der Waals surface area contributed by atoms with Gasteiger partial charge in [-0.2, -0.15) is 14.0 Å². The van der Waals surface area contributed by atoms with Gasteiger partial charge in [0.25, 0.3) is 5.91 Å². The number of alkyl halides is 2. The lowest BCUT2D eigenvalue weighted by molar-refractivity contribution is -0.112. The molecule has 0 aliphatic heterocycles. The third-order valence-corrected chi connectivity index (χ3v) is 3.71. The predicted octanol–water partition coefficient (Wildman–Crippen LogP) is 4.46. The minimum atomic E-state index is -2.99. The molecule has 0 saturated heterocycles. The van der Waals surface area contributed by atoms with E-state index in [9.17, 15) is 18.8 Å². The zero-order valence-electron chi connectivity index (χ0n) is 15.0. The summed E-state index contributed by atoms with van der Waals surface area (Å²) in [6.45, 7) is 0.803. The van der Waals surface area contributed by atoms with Crippen LogP contribution in [0.4, 0.5) is 14.5 Å². The van der Waals surface area contributed by atoms with E-state index in [0.717, 1.165) is 11.1 Å². The largest absolute Gasteiger partial charge is 0.493 e. The third-order valence-electron chi connectivity index (χ3n) is 3.71. The molecule has 0 aliphatic carbocycles. The fourth-order valence-corrected chi connectivity index (χ4v) is 2.43. The van der Waals surface area contributed by atoms with Crippen LogP contribution >= 0.6 is 0 Å². The number of carbonyl (C=O) groups is 1. The van der Waals surface area contributed by atoms with Crippen molar-refractivity contribution >= 4 is 17.7 Å². The first-order valence-corrected chi connectivity index (χ1v) is 7.97. The molecule has 0 unspecified atom stereocenters. The second kappa shape index (κ2) is 8.81. The Balaban J connectivity index is 2.26. The lowest BCUT2D eigenvalue weighted by Gasteiger charge is -2.11. The number of hydrogen-bond donors (Lipinski definition) is 1. The van der Waals surface area contributed by atoms with Crippen molar-refractivity contribution in [2.45, 2.75) is 20.5 Å². The van der Waals surface area contributed by atoms with Gasteiger partial charge < -0.3 is 14.8 Å². The number of ether oxygens (including phenoxy) is 2. The summed E-state index contributed by atoms with van der Waals surface area (Å²) in [5, 5.41) is 12.0. The second-order valence-corrected chi connectivity index (χ2v) is 5.73. The first-order valence-electron chi connectivity index (χ1n) is 7.97. The number of anilines is 1. The molecule has 7 heteroatoms. The third kappa shape index (κ3) is 5.28. The number of benzene rings is 2. The van der Waals surface area contributed by atoms with Crippen LogP contribution in [0.2, 0.25) is 0 Å². The van der Waals surface area contributed by atoms with Crippen molar-refractivity contribution in [1.29, 1.82) is 5.26 Å². The number of methoxy groups -OCH3 is 1. The first kappa shape index (κ1) is 19.9. The Kier molecular flexibility index (Phi) is 6.50. The van der Waals surface area contributed by atoms with Crippen LogP contribution in [0.25, 0.3) is 6.08 Å². The molecule has 2 aromatic rings. The van der Waals surface area contributed by atoms with Gasteiger partial charge in [0.05, 0.1) is 7.11 Å². The lowest BCUT2D eigenvalue weighted by atomic mass is 10.1. The van der Waals surface area contributed by atoms with Crippen molar-refractivity contribution in [3.8, 4) is 17.6 Å². The molecule has 0 atom stereocenters. The second-order valence-electron chi connectivity index (χ2n) is 5.73. The highest BCUT2D eigenvalue weighted by atomic mass is 19.3. The van der Waals surface area contributed by atoms with E-state index in [1.165, 1.54) is 31.4 Å². The number of aryl methyl sites for hydroxylation is 2. The van der Waals surface area contributed by atoms with Gasteiger partial charge in [-0.25, -0.2) is 0 Å². The van der Waals surface area contributed by atoms with Crippen molar-refractivity contribution in [3.05, 3.63) is 58.7 Å². The molecular formula is C20H18F2N2O3. The average Bonchev–Trinajstić information content (AvgIpc) is 2.62. The first-order chi connectivity index (χ1) is 12.8. The molecule has 0 radical (unpaired) electrons. The minimum Gasteiger partial charge on any atom is -0.493 e. The summed E-state index contributed by atoms with van der Waals surface area (Å²) in [6, 6.07) is 11.5. The van der Waals surface area contributed by atoms with Gasteiger partial charge in [-0.15, -0.1) is 0 Å². The smallest absolute Gasteiger partial charge is 0.387 e. The highest BCUT2D eigenvalue weighted by Gasteiger charge is 2.13. The fourth-order valence-electron chi connectivity index (χ4n) is 2.43. The van der Waals surface area contributed by atoms with E-state index in [-0.39, 0.29) is 17.1 Å². The Bertz CT molecular complexity index is 918. The van der Waals surface area contributed by atoms with Gasteiger partial charge >= 0.3 is 6.61 Å². The Morgan fingerprint density at radius 3 is 2.52 bits per heavy atom. The highest BCUT2D eigenvalue weighted by molar-refractivity contribution is 6.10. The van der Waals surface area contributed by atoms with Gasteiger partial charge in [-0.05, 0) is 49.2 Å². The summed E-state index contributed by atoms with van der Waals surface area (Å²) in [7, 11) is 1.30. The van der Waals surface area contributed by atoms with Crippen LogP contribution in [0, 0.1) is 25.2 Å². The summed E-state index contributed by atoms with van der Waals surface area (Å²) >= 11 is 0. The molecule has 2 rings (SSSR count). The molecule has 0 saturated carbocycles. The van der Waals surface area contributed by atoms with Crippen LogP contribution in [-0.2, 0) is 4.79 Å². The number of nitrogens with zero attached hydrogens (tertiary/aromatic N) is 1. The quantitative estimate of drug-likeness (QED) is 0.600. The fraction of sp³-hybridized carbons (Fsp3) is 0.200. The molecule has 1 amide bonds.